The number of aromatic nitrogens is 6. The van der Waals surface area contributed by atoms with Crippen molar-refractivity contribution in [2.45, 2.75) is 0 Å². The van der Waals surface area contributed by atoms with Crippen molar-refractivity contribution in [3.05, 3.63) is 133 Å². The van der Waals surface area contributed by atoms with Crippen molar-refractivity contribution in [3.8, 4) is 28.3 Å². The Bertz CT molecular complexity index is 2080. The van der Waals surface area contributed by atoms with Crippen LogP contribution in [0.1, 0.15) is 0 Å². The van der Waals surface area contributed by atoms with Gasteiger partial charge in [0.05, 0.1) is 17.6 Å². The number of hydrogen-bond acceptors (Lipinski definition) is 6. The number of pyridine rings is 1. The number of fused-ring (bicyclic) bond motifs is 4. The van der Waals surface area contributed by atoms with Gasteiger partial charge in [-0.15, -0.1) is 58.2 Å². The summed E-state index contributed by atoms with van der Waals surface area (Å²) in [6, 6.07) is 38.2. The fourth-order valence-corrected chi connectivity index (χ4v) is 4.74. The molecule has 0 aliphatic rings. The molecule has 1 radical (unpaired) electrons. The molecule has 0 amide bonds. The second-order valence-corrected chi connectivity index (χ2v) is 9.05. The third kappa shape index (κ3) is 4.96. The Labute approximate surface area is 253 Å². The normalized spacial score (nSPS) is 10.8. The summed E-state index contributed by atoms with van der Waals surface area (Å²) in [5, 5.41) is 12.8. The van der Waals surface area contributed by atoms with Crippen molar-refractivity contribution in [3.63, 3.8) is 0 Å². The summed E-state index contributed by atoms with van der Waals surface area (Å²) in [5.41, 5.74) is 5.52. The van der Waals surface area contributed by atoms with Crippen LogP contribution in [0.4, 0.5) is 4.39 Å². The van der Waals surface area contributed by atoms with Gasteiger partial charge in [-0.05, 0) is 40.6 Å². The van der Waals surface area contributed by atoms with Crippen LogP contribution in [-0.4, -0.2) is 29.9 Å². The zero-order valence-electron chi connectivity index (χ0n) is 21.8. The van der Waals surface area contributed by atoms with Gasteiger partial charge in [-0.1, -0.05) is 54.1 Å². The number of hydrogen-bond donors (Lipinski definition) is 0. The maximum absolute atomic E-state index is 14.7. The monoisotopic (exact) mass is 727 g/mol. The van der Waals surface area contributed by atoms with Crippen molar-refractivity contribution in [1.29, 1.82) is 0 Å². The minimum absolute atomic E-state index is 0. The molecular formula is C33H19FIrN6O-2. The second kappa shape index (κ2) is 11.8. The average molecular weight is 727 g/mol. The second-order valence-electron chi connectivity index (χ2n) is 9.05. The van der Waals surface area contributed by atoms with Gasteiger partial charge in [-0.3, -0.25) is 9.37 Å². The van der Waals surface area contributed by atoms with Crippen LogP contribution in [-0.2, 0) is 20.1 Å². The Morgan fingerprint density at radius 3 is 2.45 bits per heavy atom. The summed E-state index contributed by atoms with van der Waals surface area (Å²) in [6.45, 7) is 0. The Hall–Kier alpha value is -5.11. The number of furan rings is 1. The Balaban J connectivity index is 0.000000205. The van der Waals surface area contributed by atoms with E-state index in [2.05, 4.69) is 37.5 Å². The fraction of sp³-hybridized carbons (Fsp3) is 0. The first-order valence-electron chi connectivity index (χ1n) is 12.8. The Morgan fingerprint density at radius 1 is 0.833 bits per heavy atom. The largest absolute Gasteiger partial charge is 0.500 e. The van der Waals surface area contributed by atoms with Crippen LogP contribution in [0.3, 0.4) is 0 Å². The van der Waals surface area contributed by atoms with Crippen LogP contribution >= 0.6 is 0 Å². The van der Waals surface area contributed by atoms with Crippen molar-refractivity contribution in [2.75, 3.05) is 0 Å². The number of nitrogens with zero attached hydrogens (tertiary/aromatic N) is 6. The van der Waals surface area contributed by atoms with E-state index in [0.717, 1.165) is 16.9 Å². The maximum Gasteiger partial charge on any atom is 0.194 e. The zero-order valence-corrected chi connectivity index (χ0v) is 24.2. The van der Waals surface area contributed by atoms with Gasteiger partial charge >= 0.3 is 0 Å². The quantitative estimate of drug-likeness (QED) is 0.178. The molecular weight excluding hydrogens is 708 g/mol. The summed E-state index contributed by atoms with van der Waals surface area (Å²) >= 11 is 0. The minimum atomic E-state index is -0.391. The predicted octanol–water partition coefficient (Wildman–Crippen LogP) is 7.26. The van der Waals surface area contributed by atoms with Crippen molar-refractivity contribution < 1.29 is 28.9 Å². The molecule has 0 N–H and O–H groups in total. The third-order valence-electron chi connectivity index (χ3n) is 6.56. The molecule has 4 heterocycles. The van der Waals surface area contributed by atoms with Crippen molar-refractivity contribution >= 4 is 33.1 Å². The first-order chi connectivity index (χ1) is 20.3. The molecule has 0 aliphatic carbocycles. The molecule has 0 atom stereocenters. The van der Waals surface area contributed by atoms with Gasteiger partial charge in [0.25, 0.3) is 0 Å². The van der Waals surface area contributed by atoms with E-state index < -0.39 is 5.82 Å². The summed E-state index contributed by atoms with van der Waals surface area (Å²) in [4.78, 5) is 8.86. The first kappa shape index (κ1) is 27.1. The van der Waals surface area contributed by atoms with E-state index in [4.69, 9.17) is 4.42 Å². The van der Waals surface area contributed by atoms with Crippen molar-refractivity contribution in [2.24, 2.45) is 0 Å². The third-order valence-corrected chi connectivity index (χ3v) is 6.56. The molecule has 0 bridgehead atoms. The van der Waals surface area contributed by atoms with Gasteiger partial charge in [0.1, 0.15) is 11.1 Å². The van der Waals surface area contributed by atoms with E-state index in [1.165, 1.54) is 6.07 Å². The summed E-state index contributed by atoms with van der Waals surface area (Å²) in [7, 11) is 0. The van der Waals surface area contributed by atoms with Gasteiger partial charge in [0.15, 0.2) is 5.65 Å². The van der Waals surface area contributed by atoms with Gasteiger partial charge in [0, 0.05) is 43.2 Å². The van der Waals surface area contributed by atoms with Gasteiger partial charge in [0.2, 0.25) is 0 Å². The van der Waals surface area contributed by atoms with Gasteiger partial charge in [-0.2, -0.15) is 0 Å². The Kier molecular flexibility index (Phi) is 7.60. The molecule has 0 saturated carbocycles. The van der Waals surface area contributed by atoms with Crippen LogP contribution in [0.5, 0.6) is 0 Å². The van der Waals surface area contributed by atoms with Crippen LogP contribution in [0, 0.1) is 17.9 Å². The van der Waals surface area contributed by atoms with E-state index in [1.54, 1.807) is 12.4 Å². The van der Waals surface area contributed by atoms with Crippen LogP contribution in [0.15, 0.2) is 120 Å². The topological polar surface area (TPSA) is 82.5 Å². The molecule has 0 unspecified atom stereocenters. The number of imidazole rings is 1. The first-order valence-corrected chi connectivity index (χ1v) is 12.8. The molecule has 0 spiro atoms. The SMILES string of the molecule is Fc1c[c-]c(-c2nc3nnncc3n2-c2ccccc2)c2oc3ccccc3c12.[Ir].[c-]1ccccc1-c1ccccn1. The molecule has 7 nitrogen and oxygen atoms in total. The predicted molar refractivity (Wildman–Crippen MR) is 154 cm³/mol. The smallest absolute Gasteiger partial charge is 0.194 e. The van der Waals surface area contributed by atoms with E-state index >= 15 is 0 Å². The fourth-order valence-electron chi connectivity index (χ4n) is 4.74. The summed E-state index contributed by atoms with van der Waals surface area (Å²) in [6.07, 6.45) is 3.39. The molecule has 8 aromatic rings. The van der Waals surface area contributed by atoms with Crippen LogP contribution in [0.25, 0.3) is 61.4 Å². The van der Waals surface area contributed by atoms with E-state index in [9.17, 15) is 4.39 Å². The number of halogens is 1. The molecule has 0 fully saturated rings. The number of rotatable bonds is 3. The molecule has 8 rings (SSSR count). The molecule has 0 saturated heterocycles. The van der Waals surface area contributed by atoms with Gasteiger partial charge < -0.3 is 14.0 Å². The zero-order chi connectivity index (χ0) is 27.6. The average Bonchev–Trinajstić information content (AvgIpc) is 3.63. The van der Waals surface area contributed by atoms with Gasteiger partial charge in [-0.25, -0.2) is 0 Å². The van der Waals surface area contributed by atoms with E-state index in [-0.39, 0.29) is 20.1 Å². The molecule has 42 heavy (non-hydrogen) atoms. The molecule has 4 aromatic carbocycles. The van der Waals surface area contributed by atoms with E-state index in [1.807, 2.05) is 102 Å². The molecule has 9 heteroatoms. The number of benzene rings is 4. The maximum atomic E-state index is 14.7. The Morgan fingerprint density at radius 2 is 1.64 bits per heavy atom. The molecule has 0 aliphatic heterocycles. The summed E-state index contributed by atoms with van der Waals surface area (Å²) in [5.74, 6) is 0.134. The summed E-state index contributed by atoms with van der Waals surface area (Å²) < 4.78 is 22.6. The van der Waals surface area contributed by atoms with Crippen molar-refractivity contribution in [1.82, 2.24) is 29.9 Å². The number of para-hydroxylation sites is 2. The standard InChI is InChI=1S/C22H11FN5O.C11H8N.Ir/c23-16-11-10-15(20-19(16)14-8-4-5-9-18(14)29-20)22-25-21-17(12-24-27-26-21)28(22)13-6-2-1-3-7-13;1-2-6-10(7-3-1)11-8-4-5-9-12-11;/h1-9,11-12H;1-6,8-9H;/q2*-1;. The molecule has 4 aromatic heterocycles. The minimum Gasteiger partial charge on any atom is -0.500 e. The van der Waals surface area contributed by atoms with Crippen LogP contribution in [0.2, 0.25) is 0 Å². The van der Waals surface area contributed by atoms with Crippen LogP contribution < -0.4 is 0 Å². The van der Waals surface area contributed by atoms with E-state index in [0.29, 0.717) is 44.5 Å². The molecule has 205 valence electrons.